The van der Waals surface area contributed by atoms with Gasteiger partial charge in [0.1, 0.15) is 11.9 Å². The Bertz CT molecular complexity index is 156. The molecule has 3 N–H and O–H groups in total. The Morgan fingerprint density at radius 3 is 2.50 bits per heavy atom. The van der Waals surface area contributed by atoms with Crippen molar-refractivity contribution in [2.45, 2.75) is 25.7 Å². The molecule has 0 saturated carbocycles. The lowest BCUT2D eigenvalue weighted by Crippen LogP contribution is -2.31. The summed E-state index contributed by atoms with van der Waals surface area (Å²) >= 11 is 0. The van der Waals surface area contributed by atoms with Crippen LogP contribution in [0.3, 0.4) is 0 Å². The first-order valence-electron chi connectivity index (χ1n) is 3.17. The summed E-state index contributed by atoms with van der Waals surface area (Å²) in [7, 11) is 0. The van der Waals surface area contributed by atoms with Gasteiger partial charge in [0.2, 0.25) is 0 Å². The fourth-order valence-corrected chi connectivity index (χ4v) is 0.840. The van der Waals surface area contributed by atoms with Crippen molar-refractivity contribution in [1.82, 2.24) is 0 Å². The fraction of sp³-hybridized carbons (Fsp3) is 0.833. The Kier molecular flexibility index (Phi) is 1.66. The predicted octanol–water partition coefficient (Wildman–Crippen LogP) is 0.0739. The Morgan fingerprint density at radius 1 is 1.70 bits per heavy atom. The van der Waals surface area contributed by atoms with Crippen molar-refractivity contribution < 1.29 is 9.47 Å². The van der Waals surface area contributed by atoms with Gasteiger partial charge in [-0.2, -0.15) is 0 Å². The number of nitrogens with one attached hydrogen (secondary N) is 1. The van der Waals surface area contributed by atoms with Crippen molar-refractivity contribution in [3.8, 4) is 0 Å². The highest BCUT2D eigenvalue weighted by Crippen LogP contribution is 2.21. The van der Waals surface area contributed by atoms with Crippen LogP contribution in [0, 0.1) is 5.41 Å². The minimum atomic E-state index is -0.573. The molecule has 58 valence electrons. The summed E-state index contributed by atoms with van der Waals surface area (Å²) in [5.41, 5.74) is 5.20. The van der Waals surface area contributed by atoms with Crippen LogP contribution in [-0.2, 0) is 9.47 Å². The smallest absolute Gasteiger partial charge is 0.163 e. The van der Waals surface area contributed by atoms with E-state index in [2.05, 4.69) is 0 Å². The normalized spacial score (nSPS) is 30.4. The number of hydrogen-bond acceptors (Lipinski definition) is 3. The van der Waals surface area contributed by atoms with E-state index in [4.69, 9.17) is 20.6 Å². The molecule has 1 saturated heterocycles. The molecule has 4 heteroatoms. The zero-order chi connectivity index (χ0) is 7.78. The van der Waals surface area contributed by atoms with Gasteiger partial charge in [-0.25, -0.2) is 0 Å². The molecule has 1 rings (SSSR count). The maximum Gasteiger partial charge on any atom is 0.163 e. The van der Waals surface area contributed by atoms with Gasteiger partial charge in [0.05, 0.1) is 6.61 Å². The molecule has 0 aromatic rings. The van der Waals surface area contributed by atoms with Gasteiger partial charge in [-0.3, -0.25) is 5.41 Å². The first kappa shape index (κ1) is 7.50. The molecule has 1 aliphatic rings. The summed E-state index contributed by atoms with van der Waals surface area (Å²) in [4.78, 5) is 0. The molecular weight excluding hydrogens is 132 g/mol. The van der Waals surface area contributed by atoms with Crippen molar-refractivity contribution in [3.05, 3.63) is 0 Å². The molecule has 0 spiro atoms. The quantitative estimate of drug-likeness (QED) is 0.404. The number of rotatable bonds is 1. The number of nitrogens with two attached hydrogens (primary N) is 1. The van der Waals surface area contributed by atoms with Gasteiger partial charge in [0, 0.05) is 0 Å². The molecule has 1 fully saturated rings. The van der Waals surface area contributed by atoms with Crippen molar-refractivity contribution in [1.29, 1.82) is 5.41 Å². The first-order valence-corrected chi connectivity index (χ1v) is 3.17. The van der Waals surface area contributed by atoms with Crippen molar-refractivity contribution >= 4 is 5.84 Å². The average molecular weight is 144 g/mol. The molecule has 0 aromatic carbocycles. The molecule has 0 bridgehead atoms. The lowest BCUT2D eigenvalue weighted by molar-refractivity contribution is -0.131. The van der Waals surface area contributed by atoms with Crippen LogP contribution in [0.4, 0.5) is 0 Å². The van der Waals surface area contributed by atoms with Crippen LogP contribution in [0.25, 0.3) is 0 Å². The van der Waals surface area contributed by atoms with Crippen LogP contribution in [0.1, 0.15) is 13.8 Å². The molecule has 4 nitrogen and oxygen atoms in total. The monoisotopic (exact) mass is 144 g/mol. The lowest BCUT2D eigenvalue weighted by Gasteiger charge is -2.16. The van der Waals surface area contributed by atoms with E-state index in [0.29, 0.717) is 6.61 Å². The predicted molar refractivity (Wildman–Crippen MR) is 36.8 cm³/mol. The second-order valence-corrected chi connectivity index (χ2v) is 2.77. The van der Waals surface area contributed by atoms with Crippen LogP contribution < -0.4 is 5.73 Å². The highest BCUT2D eigenvalue weighted by molar-refractivity contribution is 5.82. The van der Waals surface area contributed by atoms with Crippen LogP contribution in [-0.4, -0.2) is 24.3 Å². The van der Waals surface area contributed by atoms with Crippen LogP contribution >= 0.6 is 0 Å². The third kappa shape index (κ3) is 1.46. The summed E-state index contributed by atoms with van der Waals surface area (Å²) < 4.78 is 10.4. The standard InChI is InChI=1S/C6H12N2O2/c1-6(2)9-3-4(10-6)5(7)8/h4H,3H2,1-2H3,(H3,7,8). The van der Waals surface area contributed by atoms with Crippen molar-refractivity contribution in [2.24, 2.45) is 5.73 Å². The molecule has 1 aliphatic heterocycles. The molecular formula is C6H12N2O2. The van der Waals surface area contributed by atoms with Gasteiger partial charge < -0.3 is 15.2 Å². The van der Waals surface area contributed by atoms with Crippen LogP contribution in [0.2, 0.25) is 0 Å². The van der Waals surface area contributed by atoms with Gasteiger partial charge in [0.25, 0.3) is 0 Å². The molecule has 0 amide bonds. The van der Waals surface area contributed by atoms with E-state index in [1.807, 2.05) is 0 Å². The SMILES string of the molecule is CC1(C)OCC(C(=N)N)O1. The van der Waals surface area contributed by atoms with Crippen molar-refractivity contribution in [3.63, 3.8) is 0 Å². The second kappa shape index (κ2) is 2.21. The number of hydrogen-bond donors (Lipinski definition) is 2. The van der Waals surface area contributed by atoms with Gasteiger partial charge in [-0.1, -0.05) is 0 Å². The van der Waals surface area contributed by atoms with E-state index in [0.717, 1.165) is 0 Å². The largest absolute Gasteiger partial charge is 0.385 e. The summed E-state index contributed by atoms with van der Waals surface area (Å²) in [5, 5.41) is 7.04. The third-order valence-electron chi connectivity index (χ3n) is 1.36. The molecule has 0 aliphatic carbocycles. The maximum atomic E-state index is 7.04. The maximum absolute atomic E-state index is 7.04. The average Bonchev–Trinajstić information content (AvgIpc) is 2.10. The zero-order valence-corrected chi connectivity index (χ0v) is 6.18. The van der Waals surface area contributed by atoms with Crippen LogP contribution in [0.5, 0.6) is 0 Å². The molecule has 10 heavy (non-hydrogen) atoms. The van der Waals surface area contributed by atoms with E-state index >= 15 is 0 Å². The minimum absolute atomic E-state index is 0.0329. The minimum Gasteiger partial charge on any atom is -0.385 e. The topological polar surface area (TPSA) is 68.3 Å². The molecule has 1 heterocycles. The number of ether oxygens (including phenoxy) is 2. The van der Waals surface area contributed by atoms with Crippen LogP contribution in [0.15, 0.2) is 0 Å². The van der Waals surface area contributed by atoms with Crippen molar-refractivity contribution in [2.75, 3.05) is 6.61 Å². The Morgan fingerprint density at radius 2 is 2.30 bits per heavy atom. The zero-order valence-electron chi connectivity index (χ0n) is 6.18. The number of amidine groups is 1. The molecule has 1 unspecified atom stereocenters. The molecule has 0 aromatic heterocycles. The van der Waals surface area contributed by atoms with E-state index in [9.17, 15) is 0 Å². The Balaban J connectivity index is 2.51. The third-order valence-corrected chi connectivity index (χ3v) is 1.36. The second-order valence-electron chi connectivity index (χ2n) is 2.77. The highest BCUT2D eigenvalue weighted by atomic mass is 16.7. The van der Waals surface area contributed by atoms with Gasteiger partial charge in [-0.05, 0) is 13.8 Å². The van der Waals surface area contributed by atoms with E-state index in [1.165, 1.54) is 0 Å². The van der Waals surface area contributed by atoms with Gasteiger partial charge in [-0.15, -0.1) is 0 Å². The Hall–Kier alpha value is -0.610. The first-order chi connectivity index (χ1) is 4.51. The van der Waals surface area contributed by atoms with E-state index < -0.39 is 5.79 Å². The summed E-state index contributed by atoms with van der Waals surface area (Å²) in [6, 6.07) is 0. The Labute approximate surface area is 59.8 Å². The van der Waals surface area contributed by atoms with E-state index in [-0.39, 0.29) is 11.9 Å². The lowest BCUT2D eigenvalue weighted by atomic mass is 10.3. The van der Waals surface area contributed by atoms with E-state index in [1.54, 1.807) is 13.8 Å². The highest BCUT2D eigenvalue weighted by Gasteiger charge is 2.34. The summed E-state index contributed by atoms with van der Waals surface area (Å²) in [6.45, 7) is 3.99. The fourth-order valence-electron chi connectivity index (χ4n) is 0.840. The summed E-state index contributed by atoms with van der Waals surface area (Å²) in [5.74, 6) is -0.540. The molecule has 1 atom stereocenters. The molecule has 0 radical (unpaired) electrons. The van der Waals surface area contributed by atoms with Gasteiger partial charge >= 0.3 is 0 Å². The van der Waals surface area contributed by atoms with Gasteiger partial charge in [0.15, 0.2) is 5.79 Å². The summed E-state index contributed by atoms with van der Waals surface area (Å²) in [6.07, 6.45) is -0.352.